The quantitative estimate of drug-likeness (QED) is 0.912. The summed E-state index contributed by atoms with van der Waals surface area (Å²) in [6, 6.07) is 6.91. The Morgan fingerprint density at radius 3 is 2.46 bits per heavy atom. The lowest BCUT2D eigenvalue weighted by Crippen LogP contribution is -2.37. The summed E-state index contributed by atoms with van der Waals surface area (Å²) < 4.78 is 45.4. The monoisotopic (exact) mass is 335 g/mol. The van der Waals surface area contributed by atoms with Crippen LogP contribution in [0.3, 0.4) is 0 Å². The summed E-state index contributed by atoms with van der Waals surface area (Å²) in [6.07, 6.45) is -3.17. The number of hydrazone groups is 1. The van der Waals surface area contributed by atoms with Crippen molar-refractivity contribution >= 4 is 11.8 Å². The highest BCUT2D eigenvalue weighted by atomic mass is 19.4. The predicted octanol–water partition coefficient (Wildman–Crippen LogP) is 3.60. The number of hydrogen-bond acceptors (Lipinski definition) is 4. The first-order valence-corrected chi connectivity index (χ1v) is 7.02. The molecule has 1 amide bonds. The first kappa shape index (κ1) is 16.0. The van der Waals surface area contributed by atoms with Crippen molar-refractivity contribution < 1.29 is 22.7 Å². The third-order valence-corrected chi connectivity index (χ3v) is 3.55. The van der Waals surface area contributed by atoms with E-state index in [0.717, 1.165) is 6.07 Å². The molecule has 24 heavy (non-hydrogen) atoms. The Bertz CT molecular complexity index is 804. The summed E-state index contributed by atoms with van der Waals surface area (Å²) in [7, 11) is 0. The fourth-order valence-corrected chi connectivity index (χ4v) is 2.46. The van der Waals surface area contributed by atoms with E-state index in [2.05, 4.69) is 15.5 Å². The normalized spacial score (nSPS) is 17.8. The molecule has 0 unspecified atom stereocenters. The lowest BCUT2D eigenvalue weighted by molar-refractivity contribution is -0.137. The third-order valence-electron chi connectivity index (χ3n) is 3.55. The maximum absolute atomic E-state index is 13.5. The number of carbonyl (C=O) groups excluding carboxylic acids is 1. The minimum atomic E-state index is -4.54. The smallest absolute Gasteiger partial charge is 0.428 e. The van der Waals surface area contributed by atoms with E-state index in [4.69, 9.17) is 4.74 Å². The molecule has 1 atom stereocenters. The van der Waals surface area contributed by atoms with Crippen LogP contribution in [-0.2, 0) is 10.9 Å². The number of cyclic esters (lactones) is 1. The van der Waals surface area contributed by atoms with Gasteiger partial charge < -0.3 is 4.74 Å². The van der Waals surface area contributed by atoms with Gasteiger partial charge in [-0.05, 0) is 36.2 Å². The van der Waals surface area contributed by atoms with E-state index in [-0.39, 0.29) is 16.8 Å². The zero-order valence-electron chi connectivity index (χ0n) is 12.5. The van der Waals surface area contributed by atoms with Gasteiger partial charge in [-0.3, -0.25) is 4.98 Å². The van der Waals surface area contributed by atoms with Gasteiger partial charge in [0, 0.05) is 18.0 Å². The largest absolute Gasteiger partial charge is 0.439 e. The van der Waals surface area contributed by atoms with Gasteiger partial charge in [-0.15, -0.1) is 0 Å². The van der Waals surface area contributed by atoms with Crippen LogP contribution in [0.25, 0.3) is 11.1 Å². The zero-order valence-corrected chi connectivity index (χ0v) is 12.5. The van der Waals surface area contributed by atoms with E-state index in [9.17, 15) is 18.0 Å². The number of carbonyl (C=O) groups is 1. The molecule has 0 bridgehead atoms. The van der Waals surface area contributed by atoms with Gasteiger partial charge in [-0.25, -0.2) is 10.2 Å². The van der Waals surface area contributed by atoms with Crippen LogP contribution in [0.1, 0.15) is 18.1 Å². The molecule has 1 aromatic heterocycles. The molecule has 0 saturated carbocycles. The molecule has 0 aliphatic carbocycles. The van der Waals surface area contributed by atoms with Crippen molar-refractivity contribution in [1.82, 2.24) is 10.4 Å². The van der Waals surface area contributed by atoms with Crippen LogP contribution in [0.15, 0.2) is 47.8 Å². The highest BCUT2D eigenvalue weighted by molar-refractivity contribution is 6.06. The molecule has 1 N–H and O–H groups in total. The fourth-order valence-electron chi connectivity index (χ4n) is 2.46. The van der Waals surface area contributed by atoms with Crippen LogP contribution in [0.4, 0.5) is 18.0 Å². The Morgan fingerprint density at radius 1 is 1.12 bits per heavy atom. The molecular weight excluding hydrogens is 323 g/mol. The molecule has 8 heteroatoms. The summed E-state index contributed by atoms with van der Waals surface area (Å²) in [5.74, 6) is 0. The molecule has 2 aromatic rings. The second kappa shape index (κ2) is 5.95. The van der Waals surface area contributed by atoms with Gasteiger partial charge in [0.15, 0.2) is 0 Å². The van der Waals surface area contributed by atoms with Crippen LogP contribution < -0.4 is 5.43 Å². The second-order valence-corrected chi connectivity index (χ2v) is 5.15. The number of benzene rings is 1. The number of rotatable bonds is 2. The Hall–Kier alpha value is -2.90. The minimum absolute atomic E-state index is 0.0441. The Labute approximate surface area is 135 Å². The highest BCUT2D eigenvalue weighted by Gasteiger charge is 2.35. The summed E-state index contributed by atoms with van der Waals surface area (Å²) in [5.41, 5.74) is 2.22. The number of pyridine rings is 1. The first-order valence-electron chi connectivity index (χ1n) is 7.02. The second-order valence-electron chi connectivity index (χ2n) is 5.15. The molecule has 1 aliphatic heterocycles. The first-order chi connectivity index (χ1) is 11.4. The van der Waals surface area contributed by atoms with Crippen molar-refractivity contribution in [2.75, 3.05) is 0 Å². The summed E-state index contributed by atoms with van der Waals surface area (Å²) in [4.78, 5) is 14.9. The molecule has 3 rings (SSSR count). The number of aromatic nitrogens is 1. The average Bonchev–Trinajstić information content (AvgIpc) is 2.54. The van der Waals surface area contributed by atoms with Gasteiger partial charge in [-0.1, -0.05) is 12.1 Å². The predicted molar refractivity (Wildman–Crippen MR) is 80.3 cm³/mol. The molecule has 124 valence electrons. The van der Waals surface area contributed by atoms with Crippen LogP contribution in [0, 0.1) is 0 Å². The third kappa shape index (κ3) is 3.08. The number of nitrogens with one attached hydrogen (secondary N) is 1. The number of amides is 1. The number of ether oxygens (including phenoxy) is 1. The molecule has 0 spiro atoms. The van der Waals surface area contributed by atoms with Crippen LogP contribution in [-0.4, -0.2) is 22.9 Å². The molecule has 1 aliphatic rings. The van der Waals surface area contributed by atoms with Crippen LogP contribution in [0.5, 0.6) is 0 Å². The Balaban J connectivity index is 2.11. The zero-order chi connectivity index (χ0) is 17.3. The molecule has 0 fully saturated rings. The summed E-state index contributed by atoms with van der Waals surface area (Å²) in [5, 5.41) is 3.80. The summed E-state index contributed by atoms with van der Waals surface area (Å²) in [6.45, 7) is 1.54. The molecule has 5 nitrogen and oxygen atoms in total. The Morgan fingerprint density at radius 2 is 1.83 bits per heavy atom. The maximum atomic E-state index is 13.5. The lowest BCUT2D eigenvalue weighted by Gasteiger charge is -2.21. The molecule has 2 heterocycles. The van der Waals surface area contributed by atoms with Crippen molar-refractivity contribution in [2.24, 2.45) is 5.10 Å². The maximum Gasteiger partial charge on any atom is 0.428 e. The van der Waals surface area contributed by atoms with Crippen LogP contribution in [0.2, 0.25) is 0 Å². The standard InChI is InChI=1S/C16H12F3N3O2/c1-9-14(21-22-15(23)24-9)11-2-3-12(10-4-6-20-7-5-10)13(8-11)16(17,18)19/h2-9H,1H3,(H,22,23)/t9-/m0/s1. The molecular formula is C16H12F3N3O2. The van der Waals surface area contributed by atoms with E-state index < -0.39 is 23.9 Å². The average molecular weight is 335 g/mol. The number of alkyl halides is 3. The number of hydrogen-bond donors (Lipinski definition) is 1. The van der Waals surface area contributed by atoms with Gasteiger partial charge in [-0.2, -0.15) is 18.3 Å². The van der Waals surface area contributed by atoms with E-state index in [1.165, 1.54) is 36.7 Å². The summed E-state index contributed by atoms with van der Waals surface area (Å²) >= 11 is 0. The van der Waals surface area contributed by atoms with Gasteiger partial charge in [0.05, 0.1) is 5.56 Å². The van der Waals surface area contributed by atoms with Crippen molar-refractivity contribution in [3.05, 3.63) is 53.9 Å². The Kier molecular flexibility index (Phi) is 3.96. The topological polar surface area (TPSA) is 63.6 Å². The molecule has 1 aromatic carbocycles. The number of nitrogens with zero attached hydrogens (tertiary/aromatic N) is 2. The SMILES string of the molecule is C[C@@H]1OC(=O)NN=C1c1ccc(-c2ccncc2)c(C(F)(F)F)c1. The van der Waals surface area contributed by atoms with Gasteiger partial charge in [0.2, 0.25) is 0 Å². The molecule has 0 radical (unpaired) electrons. The number of halogens is 3. The minimum Gasteiger partial charge on any atom is -0.439 e. The van der Waals surface area contributed by atoms with Crippen LogP contribution >= 0.6 is 0 Å². The lowest BCUT2D eigenvalue weighted by atomic mass is 9.95. The van der Waals surface area contributed by atoms with Gasteiger partial charge in [0.1, 0.15) is 11.8 Å². The van der Waals surface area contributed by atoms with E-state index >= 15 is 0 Å². The van der Waals surface area contributed by atoms with E-state index in [1.54, 1.807) is 6.92 Å². The van der Waals surface area contributed by atoms with Crippen molar-refractivity contribution in [1.29, 1.82) is 0 Å². The van der Waals surface area contributed by atoms with Crippen molar-refractivity contribution in [3.8, 4) is 11.1 Å². The molecule has 0 saturated heterocycles. The van der Waals surface area contributed by atoms with Crippen molar-refractivity contribution in [3.63, 3.8) is 0 Å². The van der Waals surface area contributed by atoms with Gasteiger partial charge >= 0.3 is 12.3 Å². The van der Waals surface area contributed by atoms with E-state index in [0.29, 0.717) is 5.56 Å². The fraction of sp³-hybridized carbons (Fsp3) is 0.188. The van der Waals surface area contributed by atoms with Gasteiger partial charge in [0.25, 0.3) is 0 Å². The van der Waals surface area contributed by atoms with E-state index in [1.807, 2.05) is 0 Å². The van der Waals surface area contributed by atoms with Crippen molar-refractivity contribution in [2.45, 2.75) is 19.2 Å². The highest BCUT2D eigenvalue weighted by Crippen LogP contribution is 2.37.